The average Bonchev–Trinajstić information content (AvgIpc) is 2.85. The number of sulfonamides is 1. The second-order valence-electron chi connectivity index (χ2n) is 7.54. The summed E-state index contributed by atoms with van der Waals surface area (Å²) in [7, 11) is -4.18. The van der Waals surface area contributed by atoms with E-state index < -0.39 is 19.9 Å². The van der Waals surface area contributed by atoms with Gasteiger partial charge in [0.15, 0.2) is 9.84 Å². The van der Waals surface area contributed by atoms with Crippen LogP contribution in [0.15, 0.2) is 0 Å². The third-order valence-electron chi connectivity index (χ3n) is 5.58. The normalized spacial score (nSPS) is 31.5. The van der Waals surface area contributed by atoms with Crippen molar-refractivity contribution in [2.24, 2.45) is 5.92 Å². The van der Waals surface area contributed by atoms with Gasteiger partial charge in [-0.3, -0.25) is 0 Å². The van der Waals surface area contributed by atoms with Crippen LogP contribution in [0.3, 0.4) is 0 Å². The first-order chi connectivity index (χ1) is 11.2. The lowest BCUT2D eigenvalue weighted by molar-refractivity contribution is -0.124. The number of morpholine rings is 1. The third-order valence-corrected chi connectivity index (χ3v) is 9.32. The SMILES string of the molecule is CN1CCOC2(CCN(S(=O)(=O)CCC3CCS(=O)(=O)C3)CC2)C1. The minimum absolute atomic E-state index is 0.00349. The van der Waals surface area contributed by atoms with E-state index in [1.165, 1.54) is 0 Å². The molecule has 0 aromatic rings. The van der Waals surface area contributed by atoms with Gasteiger partial charge in [0.1, 0.15) is 0 Å². The molecule has 24 heavy (non-hydrogen) atoms. The van der Waals surface area contributed by atoms with Crippen LogP contribution in [-0.2, 0) is 24.6 Å². The van der Waals surface area contributed by atoms with Gasteiger partial charge in [-0.15, -0.1) is 0 Å². The summed E-state index contributed by atoms with van der Waals surface area (Å²) >= 11 is 0. The Kier molecular flexibility index (Phi) is 5.28. The van der Waals surface area contributed by atoms with Crippen LogP contribution in [0.1, 0.15) is 25.7 Å². The Hall–Kier alpha value is -0.220. The molecule has 3 fully saturated rings. The number of ether oxygens (including phenoxy) is 1. The van der Waals surface area contributed by atoms with Gasteiger partial charge in [0.05, 0.1) is 29.5 Å². The molecule has 1 atom stereocenters. The van der Waals surface area contributed by atoms with Crippen molar-refractivity contribution < 1.29 is 21.6 Å². The lowest BCUT2D eigenvalue weighted by atomic mass is 9.90. The molecule has 0 N–H and O–H groups in total. The Labute approximate surface area is 145 Å². The molecule has 0 bridgehead atoms. The summed E-state index contributed by atoms with van der Waals surface area (Å²) in [6.07, 6.45) is 2.51. The maximum atomic E-state index is 12.6. The molecule has 3 aliphatic rings. The maximum Gasteiger partial charge on any atom is 0.214 e. The molecule has 3 rings (SSSR count). The van der Waals surface area contributed by atoms with Crippen LogP contribution in [0.4, 0.5) is 0 Å². The van der Waals surface area contributed by atoms with E-state index in [0.29, 0.717) is 32.5 Å². The van der Waals surface area contributed by atoms with Crippen LogP contribution in [0, 0.1) is 5.92 Å². The average molecular weight is 381 g/mol. The van der Waals surface area contributed by atoms with Crippen molar-refractivity contribution in [3.63, 3.8) is 0 Å². The molecule has 3 aliphatic heterocycles. The quantitative estimate of drug-likeness (QED) is 0.679. The van der Waals surface area contributed by atoms with Crippen molar-refractivity contribution in [3.05, 3.63) is 0 Å². The van der Waals surface area contributed by atoms with Crippen LogP contribution in [0.25, 0.3) is 0 Å². The Morgan fingerprint density at radius 1 is 1.21 bits per heavy atom. The molecule has 1 unspecified atom stereocenters. The minimum Gasteiger partial charge on any atom is -0.372 e. The molecule has 0 aliphatic carbocycles. The number of piperidine rings is 1. The zero-order chi connectivity index (χ0) is 17.4. The van der Waals surface area contributed by atoms with Gasteiger partial charge < -0.3 is 9.64 Å². The molecule has 3 saturated heterocycles. The summed E-state index contributed by atoms with van der Waals surface area (Å²) in [4.78, 5) is 2.24. The molecule has 0 radical (unpaired) electrons. The maximum absolute atomic E-state index is 12.6. The Bertz CT molecular complexity index is 653. The number of hydrogen-bond donors (Lipinski definition) is 0. The smallest absolute Gasteiger partial charge is 0.214 e. The van der Waals surface area contributed by atoms with Gasteiger partial charge in [-0.05, 0) is 38.6 Å². The first kappa shape index (κ1) is 18.6. The molecule has 0 aromatic heterocycles. The van der Waals surface area contributed by atoms with E-state index >= 15 is 0 Å². The van der Waals surface area contributed by atoms with Crippen LogP contribution in [-0.4, -0.2) is 88.7 Å². The molecule has 7 nitrogen and oxygen atoms in total. The molecule has 9 heteroatoms. The number of nitrogens with zero attached hydrogens (tertiary/aromatic N) is 2. The molecule has 0 aromatic carbocycles. The highest BCUT2D eigenvalue weighted by molar-refractivity contribution is 7.91. The number of hydrogen-bond acceptors (Lipinski definition) is 6. The van der Waals surface area contributed by atoms with Crippen molar-refractivity contribution in [1.82, 2.24) is 9.21 Å². The van der Waals surface area contributed by atoms with E-state index in [9.17, 15) is 16.8 Å². The summed E-state index contributed by atoms with van der Waals surface area (Å²) in [6.45, 7) is 3.49. The predicted octanol–water partition coefficient (Wildman–Crippen LogP) is -0.0624. The van der Waals surface area contributed by atoms with Gasteiger partial charge in [0, 0.05) is 26.2 Å². The highest BCUT2D eigenvalue weighted by atomic mass is 32.2. The van der Waals surface area contributed by atoms with Crippen molar-refractivity contribution in [2.75, 3.05) is 57.1 Å². The van der Waals surface area contributed by atoms with Crippen molar-refractivity contribution in [3.8, 4) is 0 Å². The number of rotatable bonds is 4. The van der Waals surface area contributed by atoms with Crippen LogP contribution < -0.4 is 0 Å². The van der Waals surface area contributed by atoms with Crippen molar-refractivity contribution in [1.29, 1.82) is 0 Å². The predicted molar refractivity (Wildman–Crippen MR) is 92.2 cm³/mol. The largest absolute Gasteiger partial charge is 0.372 e. The molecular formula is C15H28N2O5S2. The van der Waals surface area contributed by atoms with E-state index in [4.69, 9.17) is 4.74 Å². The van der Waals surface area contributed by atoms with E-state index in [2.05, 4.69) is 11.9 Å². The van der Waals surface area contributed by atoms with Gasteiger partial charge >= 0.3 is 0 Å². The second-order valence-corrected chi connectivity index (χ2v) is 11.9. The molecule has 0 saturated carbocycles. The van der Waals surface area contributed by atoms with Crippen LogP contribution >= 0.6 is 0 Å². The van der Waals surface area contributed by atoms with E-state index in [0.717, 1.165) is 25.9 Å². The van der Waals surface area contributed by atoms with Gasteiger partial charge in [-0.25, -0.2) is 21.1 Å². The number of sulfone groups is 1. The molecular weight excluding hydrogens is 352 g/mol. The van der Waals surface area contributed by atoms with Gasteiger partial charge in [0.25, 0.3) is 0 Å². The summed E-state index contributed by atoms with van der Waals surface area (Å²) in [6, 6.07) is 0. The molecule has 3 heterocycles. The Morgan fingerprint density at radius 3 is 2.50 bits per heavy atom. The van der Waals surface area contributed by atoms with E-state index in [1.54, 1.807) is 4.31 Å². The molecule has 1 spiro atoms. The van der Waals surface area contributed by atoms with E-state index in [-0.39, 0.29) is 28.8 Å². The first-order valence-corrected chi connectivity index (χ1v) is 12.1. The summed E-state index contributed by atoms with van der Waals surface area (Å²) in [5.74, 6) is 0.401. The lowest BCUT2D eigenvalue weighted by Crippen LogP contribution is -2.56. The molecule has 140 valence electrons. The van der Waals surface area contributed by atoms with Crippen molar-refractivity contribution >= 4 is 19.9 Å². The topological polar surface area (TPSA) is 84.0 Å². The van der Waals surface area contributed by atoms with Crippen LogP contribution in [0.5, 0.6) is 0 Å². The van der Waals surface area contributed by atoms with Crippen LogP contribution in [0.2, 0.25) is 0 Å². The summed E-state index contributed by atoms with van der Waals surface area (Å²) < 4.78 is 55.6. The van der Waals surface area contributed by atoms with E-state index in [1.807, 2.05) is 0 Å². The second kappa shape index (κ2) is 6.83. The Morgan fingerprint density at radius 2 is 1.92 bits per heavy atom. The minimum atomic E-state index is -3.31. The summed E-state index contributed by atoms with van der Waals surface area (Å²) in [5, 5.41) is 0. The van der Waals surface area contributed by atoms with Crippen molar-refractivity contribution in [2.45, 2.75) is 31.3 Å². The Balaban J connectivity index is 1.51. The zero-order valence-electron chi connectivity index (χ0n) is 14.3. The van der Waals surface area contributed by atoms with Gasteiger partial charge in [-0.2, -0.15) is 0 Å². The number of likely N-dealkylation sites (N-methyl/N-ethyl adjacent to an activating group) is 1. The zero-order valence-corrected chi connectivity index (χ0v) is 15.9. The van der Waals surface area contributed by atoms with Gasteiger partial charge in [-0.1, -0.05) is 0 Å². The molecule has 0 amide bonds. The first-order valence-electron chi connectivity index (χ1n) is 8.71. The lowest BCUT2D eigenvalue weighted by Gasteiger charge is -2.46. The fourth-order valence-corrected chi connectivity index (χ4v) is 7.59. The standard InChI is InChI=1S/C15H28N2O5S2/c1-16-8-9-22-15(13-16)4-6-17(7-5-15)24(20,21)11-3-14-2-10-23(18,19)12-14/h14H,2-13H2,1H3. The summed E-state index contributed by atoms with van der Waals surface area (Å²) in [5.41, 5.74) is -0.196. The fraction of sp³-hybridized carbons (Fsp3) is 1.00. The third kappa shape index (κ3) is 4.30. The fourth-order valence-electron chi connectivity index (χ4n) is 4.05. The highest BCUT2D eigenvalue weighted by Crippen LogP contribution is 2.31. The highest BCUT2D eigenvalue weighted by Gasteiger charge is 2.41. The van der Waals surface area contributed by atoms with Gasteiger partial charge in [0.2, 0.25) is 10.0 Å². The monoisotopic (exact) mass is 380 g/mol.